The minimum atomic E-state index is -0.00603. The van der Waals surface area contributed by atoms with Gasteiger partial charge in [-0.15, -0.1) is 0 Å². The van der Waals surface area contributed by atoms with Crippen LogP contribution in [0.2, 0.25) is 5.15 Å². The molecule has 0 saturated carbocycles. The van der Waals surface area contributed by atoms with Crippen LogP contribution in [0.15, 0.2) is 29.0 Å². The van der Waals surface area contributed by atoms with Crippen LogP contribution in [0.25, 0.3) is 0 Å². The van der Waals surface area contributed by atoms with E-state index in [1.165, 1.54) is 5.56 Å². The maximum absolute atomic E-state index is 6.20. The number of rotatable bonds is 1. The lowest BCUT2D eigenvalue weighted by atomic mass is 9.70. The van der Waals surface area contributed by atoms with Gasteiger partial charge in [0.05, 0.1) is 6.20 Å². The molecule has 0 fully saturated rings. The van der Waals surface area contributed by atoms with Crippen molar-refractivity contribution in [1.82, 2.24) is 10.1 Å². The molecule has 0 amide bonds. The number of nitrogens with zero attached hydrogens (tertiary/aromatic N) is 2. The zero-order valence-corrected chi connectivity index (χ0v) is 11.2. The molecule has 18 heavy (non-hydrogen) atoms. The second-order valence-corrected chi connectivity index (χ2v) is 5.91. The maximum Gasteiger partial charge on any atom is 0.145 e. The maximum atomic E-state index is 6.20. The van der Waals surface area contributed by atoms with Crippen molar-refractivity contribution in [1.29, 1.82) is 0 Å². The van der Waals surface area contributed by atoms with Crippen LogP contribution in [0.4, 0.5) is 0 Å². The molecule has 0 aromatic carbocycles. The molecule has 94 valence electrons. The minimum Gasteiger partial charge on any atom is -0.361 e. The van der Waals surface area contributed by atoms with Crippen LogP contribution >= 0.6 is 11.6 Å². The second-order valence-electron chi connectivity index (χ2n) is 5.55. The molecule has 0 bridgehead atoms. The average molecular weight is 263 g/mol. The van der Waals surface area contributed by atoms with Crippen molar-refractivity contribution in [2.75, 3.05) is 0 Å². The third-order valence-corrected chi connectivity index (χ3v) is 4.03. The molecule has 2 aromatic rings. The van der Waals surface area contributed by atoms with Crippen LogP contribution in [-0.4, -0.2) is 10.1 Å². The van der Waals surface area contributed by atoms with Crippen LogP contribution in [0.5, 0.6) is 0 Å². The molecule has 1 aliphatic carbocycles. The summed E-state index contributed by atoms with van der Waals surface area (Å²) >= 11 is 6.20. The molecule has 1 unspecified atom stereocenters. The van der Waals surface area contributed by atoms with E-state index in [0.717, 1.165) is 24.2 Å². The van der Waals surface area contributed by atoms with E-state index in [-0.39, 0.29) is 5.41 Å². The largest absolute Gasteiger partial charge is 0.361 e. The molecule has 3 rings (SSSR count). The van der Waals surface area contributed by atoms with E-state index in [2.05, 4.69) is 30.1 Å². The minimum absolute atomic E-state index is 0.00603. The van der Waals surface area contributed by atoms with E-state index in [4.69, 9.17) is 16.1 Å². The summed E-state index contributed by atoms with van der Waals surface area (Å²) in [6.45, 7) is 4.38. The smallest absolute Gasteiger partial charge is 0.145 e. The number of aromatic nitrogens is 2. The number of hydrogen-bond donors (Lipinski definition) is 0. The summed E-state index contributed by atoms with van der Waals surface area (Å²) in [6, 6.07) is 4.01. The third-order valence-electron chi connectivity index (χ3n) is 3.71. The molecule has 2 aromatic heterocycles. The van der Waals surface area contributed by atoms with Crippen LogP contribution in [0.1, 0.15) is 43.1 Å². The van der Waals surface area contributed by atoms with Gasteiger partial charge < -0.3 is 4.52 Å². The van der Waals surface area contributed by atoms with Gasteiger partial charge >= 0.3 is 0 Å². The van der Waals surface area contributed by atoms with Gasteiger partial charge in [0.1, 0.15) is 10.9 Å². The van der Waals surface area contributed by atoms with E-state index in [1.54, 1.807) is 6.20 Å². The van der Waals surface area contributed by atoms with Crippen molar-refractivity contribution in [2.24, 2.45) is 0 Å². The molecule has 0 saturated heterocycles. The summed E-state index contributed by atoms with van der Waals surface area (Å²) in [5.41, 5.74) is 2.31. The summed E-state index contributed by atoms with van der Waals surface area (Å²) in [5, 5.41) is 4.54. The molecule has 3 nitrogen and oxygen atoms in total. The first-order chi connectivity index (χ1) is 8.58. The van der Waals surface area contributed by atoms with Gasteiger partial charge in [0.2, 0.25) is 0 Å². The van der Waals surface area contributed by atoms with E-state index in [0.29, 0.717) is 11.1 Å². The summed E-state index contributed by atoms with van der Waals surface area (Å²) in [4.78, 5) is 4.17. The van der Waals surface area contributed by atoms with Gasteiger partial charge in [0, 0.05) is 17.2 Å². The van der Waals surface area contributed by atoms with Gasteiger partial charge in [-0.2, -0.15) is 0 Å². The fraction of sp³-hybridized carbons (Fsp3) is 0.429. The van der Waals surface area contributed by atoms with Gasteiger partial charge in [0.25, 0.3) is 0 Å². The Labute approximate surface area is 111 Å². The lowest BCUT2D eigenvalue weighted by Gasteiger charge is -2.33. The Morgan fingerprint density at radius 3 is 3.06 bits per heavy atom. The standard InChI is InChI=1S/C14H15ClN2O/c1-14(2)7-9(6-10-8-17-18-12(10)14)11-4-3-5-16-13(11)15/h3-5,8-9H,6-7H2,1-2H3. The van der Waals surface area contributed by atoms with Crippen LogP contribution in [-0.2, 0) is 11.8 Å². The van der Waals surface area contributed by atoms with E-state index >= 15 is 0 Å². The Kier molecular flexibility index (Phi) is 2.67. The number of fused-ring (bicyclic) bond motifs is 1. The molecule has 0 spiro atoms. The van der Waals surface area contributed by atoms with Gasteiger partial charge in [-0.25, -0.2) is 4.98 Å². The highest BCUT2D eigenvalue weighted by molar-refractivity contribution is 6.30. The van der Waals surface area contributed by atoms with Crippen molar-refractivity contribution in [2.45, 2.75) is 38.0 Å². The zero-order valence-electron chi connectivity index (χ0n) is 10.5. The van der Waals surface area contributed by atoms with Crippen molar-refractivity contribution >= 4 is 11.6 Å². The summed E-state index contributed by atoms with van der Waals surface area (Å²) < 4.78 is 5.39. The summed E-state index contributed by atoms with van der Waals surface area (Å²) in [7, 11) is 0. The summed E-state index contributed by atoms with van der Waals surface area (Å²) in [5.74, 6) is 1.40. The van der Waals surface area contributed by atoms with Gasteiger partial charge in [-0.05, 0) is 30.4 Å². The van der Waals surface area contributed by atoms with Crippen LogP contribution < -0.4 is 0 Å². The predicted octanol–water partition coefficient (Wildman–Crippen LogP) is 3.73. The van der Waals surface area contributed by atoms with E-state index < -0.39 is 0 Å². The Balaban J connectivity index is 2.02. The molecule has 1 atom stereocenters. The molecule has 4 heteroatoms. The van der Waals surface area contributed by atoms with Crippen molar-refractivity contribution < 1.29 is 4.52 Å². The van der Waals surface area contributed by atoms with Gasteiger partial charge in [0.15, 0.2) is 0 Å². The van der Waals surface area contributed by atoms with Crippen molar-refractivity contribution in [3.05, 3.63) is 46.6 Å². The molecule has 2 heterocycles. The van der Waals surface area contributed by atoms with Gasteiger partial charge in [-0.1, -0.05) is 36.7 Å². The first-order valence-corrected chi connectivity index (χ1v) is 6.50. The fourth-order valence-electron chi connectivity index (χ4n) is 2.93. The molecular weight excluding hydrogens is 248 g/mol. The van der Waals surface area contributed by atoms with Crippen LogP contribution in [0, 0.1) is 0 Å². The first kappa shape index (κ1) is 11.7. The lowest BCUT2D eigenvalue weighted by Crippen LogP contribution is -2.27. The normalized spacial score (nSPS) is 21.6. The second kappa shape index (κ2) is 4.09. The summed E-state index contributed by atoms with van der Waals surface area (Å²) in [6.07, 6.45) is 5.48. The number of hydrogen-bond acceptors (Lipinski definition) is 3. The van der Waals surface area contributed by atoms with E-state index in [9.17, 15) is 0 Å². The number of halogens is 1. The highest BCUT2D eigenvalue weighted by atomic mass is 35.5. The highest BCUT2D eigenvalue weighted by Gasteiger charge is 2.37. The monoisotopic (exact) mass is 262 g/mol. The predicted molar refractivity (Wildman–Crippen MR) is 69.8 cm³/mol. The molecule has 0 radical (unpaired) electrons. The van der Waals surface area contributed by atoms with Crippen molar-refractivity contribution in [3.63, 3.8) is 0 Å². The average Bonchev–Trinajstić information content (AvgIpc) is 2.78. The zero-order chi connectivity index (χ0) is 12.8. The van der Waals surface area contributed by atoms with Crippen molar-refractivity contribution in [3.8, 4) is 0 Å². The Morgan fingerprint density at radius 2 is 2.28 bits per heavy atom. The SMILES string of the molecule is CC1(C)CC(c2cccnc2Cl)Cc2cnoc21. The first-order valence-electron chi connectivity index (χ1n) is 6.12. The van der Waals surface area contributed by atoms with E-state index in [1.807, 2.05) is 12.3 Å². The quantitative estimate of drug-likeness (QED) is 0.735. The topological polar surface area (TPSA) is 38.9 Å². The Hall–Kier alpha value is -1.35. The molecular formula is C14H15ClN2O. The van der Waals surface area contributed by atoms with Gasteiger partial charge in [-0.3, -0.25) is 0 Å². The molecule has 0 N–H and O–H groups in total. The fourth-order valence-corrected chi connectivity index (χ4v) is 3.21. The van der Waals surface area contributed by atoms with Crippen LogP contribution in [0.3, 0.4) is 0 Å². The Bertz CT molecular complexity index is 577. The number of pyridine rings is 1. The molecule has 1 aliphatic rings. The third kappa shape index (κ3) is 1.83. The molecule has 0 aliphatic heterocycles. The highest BCUT2D eigenvalue weighted by Crippen LogP contribution is 2.44. The lowest BCUT2D eigenvalue weighted by molar-refractivity contribution is 0.274. The Morgan fingerprint density at radius 1 is 1.44 bits per heavy atom.